The Labute approximate surface area is 187 Å². The van der Waals surface area contributed by atoms with Crippen molar-refractivity contribution in [3.63, 3.8) is 0 Å². The van der Waals surface area contributed by atoms with E-state index in [4.69, 9.17) is 16.3 Å². The third-order valence-corrected chi connectivity index (χ3v) is 5.95. The summed E-state index contributed by atoms with van der Waals surface area (Å²) in [5.74, 6) is 1.33. The number of halogens is 1. The largest absolute Gasteiger partial charge is 0.493 e. The van der Waals surface area contributed by atoms with Crippen LogP contribution in [0, 0.1) is 18.8 Å². The molecule has 1 saturated carbocycles. The van der Waals surface area contributed by atoms with Crippen LogP contribution in [0.3, 0.4) is 0 Å². The predicted octanol–water partition coefficient (Wildman–Crippen LogP) is 5.61. The van der Waals surface area contributed by atoms with Gasteiger partial charge in [0.2, 0.25) is 0 Å². The van der Waals surface area contributed by atoms with Crippen molar-refractivity contribution in [2.24, 2.45) is 11.8 Å². The fourth-order valence-corrected chi connectivity index (χ4v) is 4.50. The first-order chi connectivity index (χ1) is 12.2. The molecule has 2 aromatic carbocycles. The van der Waals surface area contributed by atoms with Gasteiger partial charge in [0.1, 0.15) is 5.75 Å². The molecule has 0 saturated heterocycles. The molecule has 1 aliphatic carbocycles. The van der Waals surface area contributed by atoms with Gasteiger partial charge in [0.05, 0.1) is 12.7 Å². The number of alkyl halides is 1. The van der Waals surface area contributed by atoms with Gasteiger partial charge in [-0.2, -0.15) is 6.42 Å². The zero-order chi connectivity index (χ0) is 17.6. The van der Waals surface area contributed by atoms with Crippen molar-refractivity contribution in [3.8, 4) is 5.75 Å². The van der Waals surface area contributed by atoms with E-state index in [9.17, 15) is 5.11 Å². The molecule has 4 atom stereocenters. The summed E-state index contributed by atoms with van der Waals surface area (Å²) in [6.45, 7) is 4.42. The number of ether oxygens (including phenoxy) is 1. The normalized spacial score (nSPS) is 25.2. The van der Waals surface area contributed by atoms with E-state index < -0.39 is 0 Å². The standard InChI is InChI=1S/C22H28ClO2.Y/c1-2-3-4-5-12-18-19(21(24)14-20(18)23)15-25-22-13-8-10-16-9-6-7-11-17(16)22;/h6-11,13,18-21,24H,1-5,12,14-15H2;/q-1;/t18-,19-,20-,21-;/m1./s1. The Morgan fingerprint density at radius 2 is 1.81 bits per heavy atom. The fourth-order valence-electron chi connectivity index (χ4n) is 4.00. The minimum absolute atomic E-state index is 0. The molecule has 0 aromatic heterocycles. The molecule has 0 unspecified atom stereocenters. The zero-order valence-electron chi connectivity index (χ0n) is 15.3. The number of unbranched alkanes of at least 4 members (excludes halogenated alkanes) is 3. The van der Waals surface area contributed by atoms with Crippen molar-refractivity contribution in [2.75, 3.05) is 6.61 Å². The second-order valence-electron chi connectivity index (χ2n) is 7.14. The number of hydrogen-bond donors (Lipinski definition) is 1. The Bertz CT molecular complexity index is 673. The van der Waals surface area contributed by atoms with Gasteiger partial charge in [-0.05, 0) is 30.2 Å². The van der Waals surface area contributed by atoms with Gasteiger partial charge in [-0.15, -0.1) is 11.6 Å². The maximum absolute atomic E-state index is 10.4. The monoisotopic (exact) mass is 448 g/mol. The second-order valence-corrected chi connectivity index (χ2v) is 7.70. The maximum atomic E-state index is 10.4. The van der Waals surface area contributed by atoms with E-state index in [1.54, 1.807) is 0 Å². The summed E-state index contributed by atoms with van der Waals surface area (Å²) >= 11 is 6.53. The van der Waals surface area contributed by atoms with Gasteiger partial charge in [0, 0.05) is 49.4 Å². The summed E-state index contributed by atoms with van der Waals surface area (Å²) in [6.07, 6.45) is 5.87. The molecule has 0 bridgehead atoms. The minimum Gasteiger partial charge on any atom is -0.493 e. The molecular weight excluding hydrogens is 421 g/mol. The first-order valence-electron chi connectivity index (χ1n) is 9.42. The Morgan fingerprint density at radius 3 is 2.62 bits per heavy atom. The van der Waals surface area contributed by atoms with E-state index in [-0.39, 0.29) is 50.1 Å². The number of benzene rings is 2. The van der Waals surface area contributed by atoms with Crippen molar-refractivity contribution >= 4 is 22.4 Å². The average molecular weight is 449 g/mol. The van der Waals surface area contributed by atoms with Gasteiger partial charge < -0.3 is 16.8 Å². The van der Waals surface area contributed by atoms with Crippen LogP contribution in [0.4, 0.5) is 0 Å². The Morgan fingerprint density at radius 1 is 1.04 bits per heavy atom. The van der Waals surface area contributed by atoms with E-state index in [0.717, 1.165) is 30.4 Å². The number of hydrogen-bond acceptors (Lipinski definition) is 2. The van der Waals surface area contributed by atoms with Crippen molar-refractivity contribution < 1.29 is 42.6 Å². The van der Waals surface area contributed by atoms with Crippen LogP contribution in [0.5, 0.6) is 5.75 Å². The van der Waals surface area contributed by atoms with Gasteiger partial charge in [0.25, 0.3) is 0 Å². The second kappa shape index (κ2) is 11.0. The van der Waals surface area contributed by atoms with Crippen molar-refractivity contribution in [1.29, 1.82) is 0 Å². The van der Waals surface area contributed by atoms with Crippen LogP contribution < -0.4 is 4.74 Å². The molecule has 1 fully saturated rings. The summed E-state index contributed by atoms with van der Waals surface area (Å²) in [6, 6.07) is 14.3. The van der Waals surface area contributed by atoms with Crippen LogP contribution in [-0.2, 0) is 32.7 Å². The van der Waals surface area contributed by atoms with Gasteiger partial charge in [-0.1, -0.05) is 55.7 Å². The molecule has 2 nitrogen and oxygen atoms in total. The van der Waals surface area contributed by atoms with E-state index in [0.29, 0.717) is 18.9 Å². The molecule has 1 aliphatic rings. The minimum atomic E-state index is -0.365. The van der Waals surface area contributed by atoms with E-state index >= 15 is 0 Å². The molecule has 0 heterocycles. The number of fused-ring (bicyclic) bond motifs is 1. The summed E-state index contributed by atoms with van der Waals surface area (Å²) in [5.41, 5.74) is 0. The molecular formula is C22H28ClO2Y-. The van der Waals surface area contributed by atoms with Crippen LogP contribution >= 0.6 is 11.6 Å². The molecule has 1 N–H and O–H groups in total. The quantitative estimate of drug-likeness (QED) is 0.323. The molecule has 0 spiro atoms. The molecule has 3 rings (SSSR count). The molecule has 0 aliphatic heterocycles. The third-order valence-electron chi connectivity index (χ3n) is 5.44. The van der Waals surface area contributed by atoms with Crippen LogP contribution in [-0.4, -0.2) is 23.2 Å². The molecule has 26 heavy (non-hydrogen) atoms. The number of rotatable bonds is 8. The SMILES string of the molecule is [CH2-]CCCCC[C@@H]1[C@@H](COc2cccc3ccccc23)[C@H](O)C[C@H]1Cl.[Y]. The van der Waals surface area contributed by atoms with Gasteiger partial charge >= 0.3 is 0 Å². The van der Waals surface area contributed by atoms with Crippen LogP contribution in [0.1, 0.15) is 38.5 Å². The fraction of sp³-hybridized carbons (Fsp3) is 0.500. The van der Waals surface area contributed by atoms with E-state index in [1.165, 1.54) is 18.2 Å². The topological polar surface area (TPSA) is 29.5 Å². The summed E-state index contributed by atoms with van der Waals surface area (Å²) < 4.78 is 6.15. The van der Waals surface area contributed by atoms with Crippen LogP contribution in [0.25, 0.3) is 10.8 Å². The molecule has 4 heteroatoms. The smallest absolute Gasteiger partial charge is 0.127 e. The van der Waals surface area contributed by atoms with Gasteiger partial charge in [-0.25, -0.2) is 0 Å². The van der Waals surface area contributed by atoms with Gasteiger partial charge in [-0.3, -0.25) is 0 Å². The molecule has 139 valence electrons. The summed E-state index contributed by atoms with van der Waals surface area (Å²) in [5, 5.41) is 12.8. The Hall–Kier alpha value is -0.146. The third kappa shape index (κ3) is 5.44. The van der Waals surface area contributed by atoms with Crippen molar-refractivity contribution in [1.82, 2.24) is 0 Å². The van der Waals surface area contributed by atoms with Gasteiger partial charge in [0.15, 0.2) is 0 Å². The molecule has 0 amide bonds. The predicted molar refractivity (Wildman–Crippen MR) is 105 cm³/mol. The molecule has 2 aromatic rings. The summed E-state index contributed by atoms with van der Waals surface area (Å²) in [4.78, 5) is 0. The van der Waals surface area contributed by atoms with Crippen LogP contribution in [0.15, 0.2) is 42.5 Å². The first kappa shape index (κ1) is 22.1. The van der Waals surface area contributed by atoms with Crippen LogP contribution in [0.2, 0.25) is 0 Å². The molecule has 1 radical (unpaired) electrons. The average Bonchev–Trinajstić information content (AvgIpc) is 2.90. The van der Waals surface area contributed by atoms with E-state index in [2.05, 4.69) is 25.1 Å². The maximum Gasteiger partial charge on any atom is 0.127 e. The first-order valence-corrected chi connectivity index (χ1v) is 9.86. The number of aliphatic hydroxyl groups excluding tert-OH is 1. The Balaban J connectivity index is 0.00000243. The van der Waals surface area contributed by atoms with Crippen molar-refractivity contribution in [3.05, 3.63) is 49.4 Å². The Kier molecular flexibility index (Phi) is 9.37. The van der Waals surface area contributed by atoms with E-state index in [1.807, 2.05) is 24.3 Å². The zero-order valence-corrected chi connectivity index (χ0v) is 18.9. The summed E-state index contributed by atoms with van der Waals surface area (Å²) in [7, 11) is 0. The number of aliphatic hydroxyl groups is 1. The van der Waals surface area contributed by atoms with Crippen molar-refractivity contribution in [2.45, 2.75) is 50.0 Å².